The minimum Gasteiger partial charge on any atom is -0.326 e. The Bertz CT molecular complexity index is 778. The minimum atomic E-state index is -3.75. The molecule has 1 aromatic heterocycles. The Hall–Kier alpha value is -1.93. The van der Waals surface area contributed by atoms with Crippen molar-refractivity contribution in [1.29, 1.82) is 0 Å². The summed E-state index contributed by atoms with van der Waals surface area (Å²) in [6.45, 7) is 1.35. The zero-order valence-corrected chi connectivity index (χ0v) is 13.4. The first-order valence-corrected chi connectivity index (χ1v) is 8.15. The molecule has 0 fully saturated rings. The number of halogens is 1. The van der Waals surface area contributed by atoms with E-state index in [-0.39, 0.29) is 10.8 Å². The second-order valence-electron chi connectivity index (χ2n) is 4.21. The van der Waals surface area contributed by atoms with Crippen LogP contribution in [0.1, 0.15) is 6.92 Å². The van der Waals surface area contributed by atoms with Crippen molar-refractivity contribution in [2.75, 3.05) is 10.0 Å². The second-order valence-corrected chi connectivity index (χ2v) is 6.80. The maximum Gasteiger partial charge on any atom is 0.262 e. The molecule has 0 spiro atoms. The molecule has 110 valence electrons. The number of hydrogen-bond donors (Lipinski definition) is 2. The molecule has 0 aliphatic rings. The van der Waals surface area contributed by atoms with Gasteiger partial charge in [0.1, 0.15) is 0 Å². The molecule has 21 heavy (non-hydrogen) atoms. The molecule has 2 aromatic rings. The minimum absolute atomic E-state index is 0.0497. The maximum absolute atomic E-state index is 12.3. The zero-order valence-electron chi connectivity index (χ0n) is 11.0. The lowest BCUT2D eigenvalue weighted by atomic mass is 10.3. The number of amides is 1. The number of carbonyl (C=O) groups is 1. The van der Waals surface area contributed by atoms with Crippen molar-refractivity contribution in [3.8, 4) is 0 Å². The van der Waals surface area contributed by atoms with E-state index in [1.54, 1.807) is 24.4 Å². The first kappa shape index (κ1) is 15.5. The third-order valence-electron chi connectivity index (χ3n) is 2.42. The van der Waals surface area contributed by atoms with Crippen LogP contribution in [0.3, 0.4) is 0 Å². The Morgan fingerprint density at radius 1 is 1.19 bits per heavy atom. The molecule has 0 atom stereocenters. The second kappa shape index (κ2) is 6.23. The Morgan fingerprint density at radius 3 is 2.62 bits per heavy atom. The molecule has 2 N–H and O–H groups in total. The highest BCUT2D eigenvalue weighted by Gasteiger charge is 2.15. The number of benzene rings is 1. The number of nitrogens with one attached hydrogen (secondary N) is 2. The molecule has 0 aliphatic heterocycles. The van der Waals surface area contributed by atoms with Crippen molar-refractivity contribution in [2.24, 2.45) is 0 Å². The molecular formula is C13H12BrN3O3S. The van der Waals surface area contributed by atoms with Gasteiger partial charge in [-0.15, -0.1) is 0 Å². The molecule has 1 amide bonds. The van der Waals surface area contributed by atoms with E-state index in [9.17, 15) is 13.2 Å². The van der Waals surface area contributed by atoms with Crippen LogP contribution in [-0.4, -0.2) is 19.3 Å². The van der Waals surface area contributed by atoms with Crippen LogP contribution in [0.15, 0.2) is 52.1 Å². The normalized spacial score (nSPS) is 11.0. The third-order valence-corrected chi connectivity index (χ3v) is 4.23. The lowest BCUT2D eigenvalue weighted by Crippen LogP contribution is -2.14. The van der Waals surface area contributed by atoms with Crippen molar-refractivity contribution >= 4 is 43.2 Å². The van der Waals surface area contributed by atoms with Crippen LogP contribution >= 0.6 is 15.9 Å². The fourth-order valence-corrected chi connectivity index (χ4v) is 3.07. The van der Waals surface area contributed by atoms with E-state index in [1.807, 2.05) is 0 Å². The van der Waals surface area contributed by atoms with Gasteiger partial charge in [-0.05, 0) is 40.2 Å². The van der Waals surface area contributed by atoms with E-state index in [4.69, 9.17) is 0 Å². The van der Waals surface area contributed by atoms with Gasteiger partial charge in [0.15, 0.2) is 0 Å². The summed E-state index contributed by atoms with van der Waals surface area (Å²) in [6, 6.07) is 7.59. The van der Waals surface area contributed by atoms with Gasteiger partial charge in [-0.25, -0.2) is 8.42 Å². The first-order chi connectivity index (χ1) is 9.87. The lowest BCUT2D eigenvalue weighted by molar-refractivity contribution is -0.114. The number of pyridine rings is 1. The SMILES string of the molecule is CC(=O)Nc1cccc(S(=O)(=O)Nc2cncc(Br)c2)c1. The quantitative estimate of drug-likeness (QED) is 0.866. The van der Waals surface area contributed by atoms with Crippen LogP contribution < -0.4 is 10.0 Å². The summed E-state index contributed by atoms with van der Waals surface area (Å²) in [5, 5.41) is 2.54. The van der Waals surface area contributed by atoms with Crippen molar-refractivity contribution < 1.29 is 13.2 Å². The Labute approximate surface area is 130 Å². The van der Waals surface area contributed by atoms with Gasteiger partial charge in [-0.3, -0.25) is 14.5 Å². The largest absolute Gasteiger partial charge is 0.326 e. The highest BCUT2D eigenvalue weighted by Crippen LogP contribution is 2.20. The Kier molecular flexibility index (Phi) is 4.59. The van der Waals surface area contributed by atoms with E-state index in [2.05, 4.69) is 31.0 Å². The fraction of sp³-hybridized carbons (Fsp3) is 0.0769. The Balaban J connectivity index is 2.29. The van der Waals surface area contributed by atoms with Crippen molar-refractivity contribution in [3.63, 3.8) is 0 Å². The predicted octanol–water partition coefficient (Wildman–Crippen LogP) is 2.60. The first-order valence-electron chi connectivity index (χ1n) is 5.88. The maximum atomic E-state index is 12.3. The van der Waals surface area contributed by atoms with Crippen LogP contribution in [0.2, 0.25) is 0 Å². The zero-order chi connectivity index (χ0) is 15.5. The van der Waals surface area contributed by atoms with Gasteiger partial charge in [0.2, 0.25) is 5.91 Å². The van der Waals surface area contributed by atoms with Gasteiger partial charge in [-0.2, -0.15) is 0 Å². The molecule has 0 unspecified atom stereocenters. The number of sulfonamides is 1. The van der Waals surface area contributed by atoms with E-state index >= 15 is 0 Å². The van der Waals surface area contributed by atoms with E-state index in [0.717, 1.165) is 0 Å². The summed E-state index contributed by atoms with van der Waals surface area (Å²) in [6.07, 6.45) is 2.95. The van der Waals surface area contributed by atoms with Crippen LogP contribution in [0, 0.1) is 0 Å². The molecule has 2 rings (SSSR count). The molecule has 0 saturated heterocycles. The average Bonchev–Trinajstić information content (AvgIpc) is 2.37. The van der Waals surface area contributed by atoms with Crippen LogP contribution in [-0.2, 0) is 14.8 Å². The lowest BCUT2D eigenvalue weighted by Gasteiger charge is -2.09. The average molecular weight is 370 g/mol. The summed E-state index contributed by atoms with van der Waals surface area (Å²) in [7, 11) is -3.75. The highest BCUT2D eigenvalue weighted by molar-refractivity contribution is 9.10. The smallest absolute Gasteiger partial charge is 0.262 e. The number of carbonyl (C=O) groups excluding carboxylic acids is 1. The topological polar surface area (TPSA) is 88.2 Å². The number of hydrogen-bond acceptors (Lipinski definition) is 4. The number of aromatic nitrogens is 1. The van der Waals surface area contributed by atoms with Gasteiger partial charge >= 0.3 is 0 Å². The van der Waals surface area contributed by atoms with Crippen LogP contribution in [0.25, 0.3) is 0 Å². The number of anilines is 2. The molecule has 1 heterocycles. The van der Waals surface area contributed by atoms with Crippen LogP contribution in [0.5, 0.6) is 0 Å². The van der Waals surface area contributed by atoms with Gasteiger partial charge in [0.25, 0.3) is 10.0 Å². The monoisotopic (exact) mass is 369 g/mol. The highest BCUT2D eigenvalue weighted by atomic mass is 79.9. The summed E-state index contributed by atoms with van der Waals surface area (Å²) in [4.78, 5) is 15.0. The van der Waals surface area contributed by atoms with Gasteiger partial charge in [-0.1, -0.05) is 6.07 Å². The van der Waals surface area contributed by atoms with E-state index in [1.165, 1.54) is 25.3 Å². The molecule has 0 radical (unpaired) electrons. The van der Waals surface area contributed by atoms with Crippen LogP contribution in [0.4, 0.5) is 11.4 Å². The van der Waals surface area contributed by atoms with Crippen molar-refractivity contribution in [2.45, 2.75) is 11.8 Å². The summed E-state index contributed by atoms with van der Waals surface area (Å²) >= 11 is 3.22. The standard InChI is InChI=1S/C13H12BrN3O3S/c1-9(18)16-11-3-2-4-13(6-11)21(19,20)17-12-5-10(14)7-15-8-12/h2-8,17H,1H3,(H,16,18). The van der Waals surface area contributed by atoms with Gasteiger partial charge in [0.05, 0.1) is 16.8 Å². The molecule has 0 aliphatic carbocycles. The molecule has 0 bridgehead atoms. The summed E-state index contributed by atoms with van der Waals surface area (Å²) in [5.74, 6) is -0.270. The van der Waals surface area contributed by atoms with E-state index in [0.29, 0.717) is 15.8 Å². The number of nitrogens with zero attached hydrogens (tertiary/aromatic N) is 1. The molecule has 8 heteroatoms. The molecule has 6 nitrogen and oxygen atoms in total. The van der Waals surface area contributed by atoms with Gasteiger partial charge < -0.3 is 5.32 Å². The molecule has 1 aromatic carbocycles. The van der Waals surface area contributed by atoms with Gasteiger partial charge in [0, 0.05) is 23.3 Å². The summed E-state index contributed by atoms with van der Waals surface area (Å²) in [5.41, 5.74) is 0.757. The van der Waals surface area contributed by atoms with Crippen molar-refractivity contribution in [3.05, 3.63) is 47.2 Å². The predicted molar refractivity (Wildman–Crippen MR) is 83.5 cm³/mol. The Morgan fingerprint density at radius 2 is 1.95 bits per heavy atom. The number of rotatable bonds is 4. The van der Waals surface area contributed by atoms with E-state index < -0.39 is 10.0 Å². The molecule has 0 saturated carbocycles. The summed E-state index contributed by atoms with van der Waals surface area (Å²) < 4.78 is 27.7. The van der Waals surface area contributed by atoms with Crippen molar-refractivity contribution in [1.82, 2.24) is 4.98 Å². The molecular weight excluding hydrogens is 358 g/mol. The fourth-order valence-electron chi connectivity index (χ4n) is 1.63. The third kappa shape index (κ3) is 4.27.